The average molecular weight is 493 g/mol. The number of carbonyl (C=O) groups is 2. The number of carboxylic acids is 1. The van der Waals surface area contributed by atoms with Gasteiger partial charge in [0.2, 0.25) is 0 Å². The zero-order valence-corrected chi connectivity index (χ0v) is 16.3. The summed E-state index contributed by atoms with van der Waals surface area (Å²) < 4.78 is 6.78. The van der Waals surface area contributed by atoms with E-state index in [1.54, 1.807) is 12.1 Å². The van der Waals surface area contributed by atoms with Gasteiger partial charge >= 0.3 is 16.8 Å². The number of benzene rings is 1. The van der Waals surface area contributed by atoms with Crippen LogP contribution >= 0.6 is 55.0 Å². The van der Waals surface area contributed by atoms with Crippen molar-refractivity contribution >= 4 is 66.9 Å². The first-order chi connectivity index (χ1) is 11.4. The molecule has 2 aliphatic rings. The standard InChI is InChI=1S/C14H7Br2NO5S2/c15-3-1-4-6-7(13(20)22-8(4)5(16)2-3)10(12(18)19)23-11-9(6)24-14(21)17-11/h1-2,6-7,10H,(H,17,21)(H,18,19)/t6-,7-,10+/m1/s1. The van der Waals surface area contributed by atoms with Crippen LogP contribution in [0, 0.1) is 5.92 Å². The number of nitrogens with one attached hydrogen (secondary N) is 1. The summed E-state index contributed by atoms with van der Waals surface area (Å²) in [4.78, 5) is 39.1. The number of aromatic nitrogens is 1. The van der Waals surface area contributed by atoms with Crippen LogP contribution in [0.2, 0.25) is 0 Å². The van der Waals surface area contributed by atoms with Gasteiger partial charge in [0, 0.05) is 20.8 Å². The lowest BCUT2D eigenvalue weighted by molar-refractivity contribution is -0.147. The largest absolute Gasteiger partial charge is 0.480 e. The molecule has 0 amide bonds. The fraction of sp³-hybridized carbons (Fsp3) is 0.214. The van der Waals surface area contributed by atoms with Crippen LogP contribution in [0.4, 0.5) is 0 Å². The Morgan fingerprint density at radius 2 is 2.04 bits per heavy atom. The van der Waals surface area contributed by atoms with E-state index in [4.69, 9.17) is 4.74 Å². The molecule has 124 valence electrons. The minimum Gasteiger partial charge on any atom is -0.480 e. The number of H-pyrrole nitrogens is 1. The van der Waals surface area contributed by atoms with E-state index in [1.807, 2.05) is 0 Å². The topological polar surface area (TPSA) is 96.5 Å². The molecule has 0 saturated carbocycles. The minimum absolute atomic E-state index is 0.271. The van der Waals surface area contributed by atoms with Crippen molar-refractivity contribution in [2.75, 3.05) is 0 Å². The fourth-order valence-electron chi connectivity index (χ4n) is 3.04. The highest BCUT2D eigenvalue weighted by atomic mass is 79.9. The van der Waals surface area contributed by atoms with E-state index in [2.05, 4.69) is 36.8 Å². The van der Waals surface area contributed by atoms with E-state index < -0.39 is 29.0 Å². The van der Waals surface area contributed by atoms with E-state index in [1.165, 1.54) is 0 Å². The highest BCUT2D eigenvalue weighted by Gasteiger charge is 2.52. The van der Waals surface area contributed by atoms with Crippen molar-refractivity contribution < 1.29 is 19.4 Å². The smallest absolute Gasteiger partial charge is 0.317 e. The first-order valence-electron chi connectivity index (χ1n) is 6.70. The van der Waals surface area contributed by atoms with Crippen LogP contribution in [0.15, 0.2) is 30.9 Å². The summed E-state index contributed by atoms with van der Waals surface area (Å²) in [5.74, 6) is -2.76. The average Bonchev–Trinajstić information content (AvgIpc) is 2.87. The number of carboxylic acid groups (broad SMARTS) is 1. The molecule has 2 aliphatic heterocycles. The highest BCUT2D eigenvalue weighted by Crippen LogP contribution is 2.55. The summed E-state index contributed by atoms with van der Waals surface area (Å²) >= 11 is 8.77. The van der Waals surface area contributed by atoms with Crippen molar-refractivity contribution in [3.05, 3.63) is 41.2 Å². The Balaban J connectivity index is 2.02. The van der Waals surface area contributed by atoms with E-state index in [0.29, 0.717) is 25.7 Å². The molecule has 0 aliphatic carbocycles. The molecule has 1 aromatic heterocycles. The number of ether oxygens (including phenoxy) is 1. The van der Waals surface area contributed by atoms with Gasteiger partial charge in [0.1, 0.15) is 11.0 Å². The van der Waals surface area contributed by atoms with Crippen molar-refractivity contribution in [1.29, 1.82) is 0 Å². The summed E-state index contributed by atoms with van der Waals surface area (Å²) in [5, 5.41) is 9.04. The van der Waals surface area contributed by atoms with E-state index in [-0.39, 0.29) is 4.87 Å². The lowest BCUT2D eigenvalue weighted by Crippen LogP contribution is -2.44. The molecule has 0 fully saturated rings. The number of carbonyl (C=O) groups excluding carboxylic acids is 1. The zero-order chi connectivity index (χ0) is 17.2. The van der Waals surface area contributed by atoms with E-state index in [9.17, 15) is 19.5 Å². The van der Waals surface area contributed by atoms with Crippen LogP contribution in [0.1, 0.15) is 16.4 Å². The normalized spacial score (nSPS) is 24.6. The lowest BCUT2D eigenvalue weighted by Gasteiger charge is -2.37. The fourth-order valence-corrected chi connectivity index (χ4v) is 6.78. The van der Waals surface area contributed by atoms with Crippen molar-refractivity contribution in [3.8, 4) is 5.75 Å². The van der Waals surface area contributed by atoms with Gasteiger partial charge in [0.15, 0.2) is 0 Å². The summed E-state index contributed by atoms with van der Waals surface area (Å²) in [6.07, 6.45) is 0. The molecule has 3 atom stereocenters. The van der Waals surface area contributed by atoms with Crippen LogP contribution in [0.5, 0.6) is 5.75 Å². The van der Waals surface area contributed by atoms with Crippen LogP contribution in [0.3, 0.4) is 0 Å². The molecule has 4 rings (SSSR count). The quantitative estimate of drug-likeness (QED) is 0.468. The Hall–Kier alpha value is -1.10. The number of hydrogen-bond acceptors (Lipinski definition) is 6. The maximum absolute atomic E-state index is 12.5. The molecular formula is C14H7Br2NO5S2. The van der Waals surface area contributed by atoms with Gasteiger partial charge in [-0.05, 0) is 28.1 Å². The third kappa shape index (κ3) is 2.39. The van der Waals surface area contributed by atoms with Gasteiger partial charge in [0.05, 0.1) is 15.4 Å². The third-order valence-electron chi connectivity index (χ3n) is 3.94. The molecule has 24 heavy (non-hydrogen) atoms. The SMILES string of the molecule is O=C1Oc2c(Br)cc(Br)cc2[C@H]2c3sc(=O)[nH]c3S[C@H](C(=O)O)[C@H]12. The monoisotopic (exact) mass is 491 g/mol. The van der Waals surface area contributed by atoms with Crippen molar-refractivity contribution in [2.45, 2.75) is 16.2 Å². The number of esters is 1. The molecule has 10 heteroatoms. The van der Waals surface area contributed by atoms with Gasteiger partial charge in [-0.15, -0.1) is 0 Å². The van der Waals surface area contributed by atoms with E-state index in [0.717, 1.165) is 27.6 Å². The molecule has 6 nitrogen and oxygen atoms in total. The molecule has 0 radical (unpaired) electrons. The Morgan fingerprint density at radius 3 is 2.75 bits per heavy atom. The molecule has 3 heterocycles. The summed E-state index contributed by atoms with van der Waals surface area (Å²) in [6.45, 7) is 0. The summed E-state index contributed by atoms with van der Waals surface area (Å²) in [6, 6.07) is 3.55. The zero-order valence-electron chi connectivity index (χ0n) is 11.5. The number of hydrogen-bond donors (Lipinski definition) is 2. The van der Waals surface area contributed by atoms with Crippen molar-refractivity contribution in [3.63, 3.8) is 0 Å². The number of aromatic amines is 1. The predicted molar refractivity (Wildman–Crippen MR) is 95.0 cm³/mol. The van der Waals surface area contributed by atoms with Crippen LogP contribution in [-0.2, 0) is 9.59 Å². The second kappa shape index (κ2) is 5.72. The molecule has 0 saturated heterocycles. The molecule has 2 N–H and O–H groups in total. The van der Waals surface area contributed by atoms with Gasteiger partial charge in [-0.2, -0.15) is 0 Å². The van der Waals surface area contributed by atoms with Gasteiger partial charge in [-0.3, -0.25) is 14.4 Å². The Kier molecular flexibility index (Phi) is 3.90. The molecule has 0 bridgehead atoms. The maximum atomic E-state index is 12.5. The minimum atomic E-state index is -1.11. The van der Waals surface area contributed by atoms with Crippen molar-refractivity contribution in [1.82, 2.24) is 4.98 Å². The lowest BCUT2D eigenvalue weighted by atomic mass is 9.80. The number of thioether (sulfide) groups is 1. The maximum Gasteiger partial charge on any atom is 0.317 e. The van der Waals surface area contributed by atoms with Gasteiger partial charge in [-0.1, -0.05) is 39.0 Å². The van der Waals surface area contributed by atoms with Crippen molar-refractivity contribution in [2.24, 2.45) is 5.92 Å². The summed E-state index contributed by atoms with van der Waals surface area (Å²) in [7, 11) is 0. The molecular weight excluding hydrogens is 486 g/mol. The van der Waals surface area contributed by atoms with Crippen LogP contribution in [0.25, 0.3) is 0 Å². The van der Waals surface area contributed by atoms with Gasteiger partial charge < -0.3 is 14.8 Å². The second-order valence-corrected chi connectivity index (χ2v) is 9.25. The first-order valence-corrected chi connectivity index (χ1v) is 9.98. The number of fused-ring (bicyclic) bond motifs is 5. The number of aliphatic carboxylic acids is 1. The molecule has 1 aromatic carbocycles. The first kappa shape index (κ1) is 16.4. The number of rotatable bonds is 1. The Bertz CT molecular complexity index is 953. The third-order valence-corrected chi connectivity index (χ3v) is 7.39. The van der Waals surface area contributed by atoms with Gasteiger partial charge in [-0.25, -0.2) is 0 Å². The van der Waals surface area contributed by atoms with Gasteiger partial charge in [0.25, 0.3) is 0 Å². The van der Waals surface area contributed by atoms with E-state index >= 15 is 0 Å². The molecule has 0 spiro atoms. The molecule has 2 aromatic rings. The Morgan fingerprint density at radius 1 is 1.29 bits per heavy atom. The predicted octanol–water partition coefficient (Wildman–Crippen LogP) is 3.19. The number of halogens is 2. The Labute approximate surface area is 159 Å². The molecule has 0 unspecified atom stereocenters. The summed E-state index contributed by atoms with van der Waals surface area (Å²) in [5.41, 5.74) is 0.684. The number of thiazole rings is 1. The highest BCUT2D eigenvalue weighted by molar-refractivity contribution is 9.11. The van der Waals surface area contributed by atoms with Crippen LogP contribution < -0.4 is 9.61 Å². The van der Waals surface area contributed by atoms with Crippen LogP contribution in [-0.4, -0.2) is 27.3 Å². The second-order valence-electron chi connectivity index (χ2n) is 5.32.